The van der Waals surface area contributed by atoms with E-state index in [1.165, 1.54) is 17.8 Å². The molecule has 2 heterocycles. The third-order valence-electron chi connectivity index (χ3n) is 2.52. The van der Waals surface area contributed by atoms with E-state index in [1.54, 1.807) is 6.20 Å². The Morgan fingerprint density at radius 3 is 2.90 bits per heavy atom. The van der Waals surface area contributed by atoms with Crippen molar-refractivity contribution >= 4 is 33.6 Å². The first-order chi connectivity index (χ1) is 10.1. The summed E-state index contributed by atoms with van der Waals surface area (Å²) in [6, 6.07) is 1.53. The summed E-state index contributed by atoms with van der Waals surface area (Å²) in [5, 5.41) is 4.30. The SMILES string of the molecule is CCCc1cc(=O)[nH]c(Sc2nc(NCC)ncc2Br)n1. The van der Waals surface area contributed by atoms with Crippen molar-refractivity contribution in [1.29, 1.82) is 0 Å². The zero-order chi connectivity index (χ0) is 15.2. The van der Waals surface area contributed by atoms with Crippen LogP contribution < -0.4 is 10.9 Å². The molecule has 0 atom stereocenters. The van der Waals surface area contributed by atoms with Gasteiger partial charge in [-0.25, -0.2) is 15.0 Å². The molecule has 6 nitrogen and oxygen atoms in total. The van der Waals surface area contributed by atoms with Crippen LogP contribution in [0.15, 0.2) is 31.7 Å². The Bertz CT molecular complexity index is 676. The number of aryl methyl sites for hydroxylation is 1. The summed E-state index contributed by atoms with van der Waals surface area (Å²) >= 11 is 4.72. The first-order valence-corrected chi connectivity index (χ1v) is 8.27. The van der Waals surface area contributed by atoms with Gasteiger partial charge in [0.05, 0.1) is 4.47 Å². The third-order valence-corrected chi connectivity index (χ3v) is 4.25. The molecule has 112 valence electrons. The Morgan fingerprint density at radius 1 is 1.38 bits per heavy atom. The van der Waals surface area contributed by atoms with E-state index in [-0.39, 0.29) is 5.56 Å². The number of hydrogen-bond acceptors (Lipinski definition) is 6. The third kappa shape index (κ3) is 4.53. The lowest BCUT2D eigenvalue weighted by molar-refractivity contribution is 0.814. The van der Waals surface area contributed by atoms with E-state index in [2.05, 4.69) is 48.1 Å². The lowest BCUT2D eigenvalue weighted by atomic mass is 10.2. The summed E-state index contributed by atoms with van der Waals surface area (Å²) in [4.78, 5) is 27.4. The van der Waals surface area contributed by atoms with E-state index < -0.39 is 0 Å². The average molecular weight is 370 g/mol. The topological polar surface area (TPSA) is 83.6 Å². The van der Waals surface area contributed by atoms with E-state index in [4.69, 9.17) is 0 Å². The van der Waals surface area contributed by atoms with Crippen LogP contribution in [0.3, 0.4) is 0 Å². The molecule has 21 heavy (non-hydrogen) atoms. The number of H-pyrrole nitrogens is 1. The summed E-state index contributed by atoms with van der Waals surface area (Å²) in [5.74, 6) is 0.551. The quantitative estimate of drug-likeness (QED) is 0.601. The fourth-order valence-corrected chi connectivity index (χ4v) is 2.89. The molecule has 2 rings (SSSR count). The molecule has 0 aromatic carbocycles. The van der Waals surface area contributed by atoms with Gasteiger partial charge >= 0.3 is 0 Å². The van der Waals surface area contributed by atoms with Crippen molar-refractivity contribution in [3.63, 3.8) is 0 Å². The largest absolute Gasteiger partial charge is 0.354 e. The molecule has 0 aliphatic rings. The molecule has 2 N–H and O–H groups in total. The van der Waals surface area contributed by atoms with Crippen LogP contribution >= 0.6 is 27.7 Å². The van der Waals surface area contributed by atoms with E-state index in [0.29, 0.717) is 16.1 Å². The molecule has 0 aliphatic heterocycles. The van der Waals surface area contributed by atoms with Gasteiger partial charge in [-0.05, 0) is 41.0 Å². The van der Waals surface area contributed by atoms with Crippen molar-refractivity contribution in [3.05, 3.63) is 32.8 Å². The highest BCUT2D eigenvalue weighted by atomic mass is 79.9. The Hall–Kier alpha value is -1.41. The highest BCUT2D eigenvalue weighted by Gasteiger charge is 2.09. The first kappa shape index (κ1) is 16.0. The Labute approximate surface area is 135 Å². The van der Waals surface area contributed by atoms with Crippen LogP contribution in [0.25, 0.3) is 0 Å². The molecule has 0 bridgehead atoms. The van der Waals surface area contributed by atoms with Crippen LogP contribution in [-0.4, -0.2) is 26.5 Å². The smallest absolute Gasteiger partial charge is 0.251 e. The molecule has 0 unspecified atom stereocenters. The van der Waals surface area contributed by atoms with E-state index in [1.807, 2.05) is 6.92 Å². The van der Waals surface area contributed by atoms with Gasteiger partial charge < -0.3 is 10.3 Å². The highest BCUT2D eigenvalue weighted by molar-refractivity contribution is 9.10. The Kier molecular flexibility index (Phi) is 5.75. The second kappa shape index (κ2) is 7.56. The van der Waals surface area contributed by atoms with Gasteiger partial charge in [-0.15, -0.1) is 0 Å². The highest BCUT2D eigenvalue weighted by Crippen LogP contribution is 2.29. The molecule has 2 aromatic heterocycles. The molecule has 0 amide bonds. The van der Waals surface area contributed by atoms with Crippen LogP contribution in [0.1, 0.15) is 26.0 Å². The summed E-state index contributed by atoms with van der Waals surface area (Å²) in [5.41, 5.74) is 0.647. The zero-order valence-electron chi connectivity index (χ0n) is 11.8. The normalized spacial score (nSPS) is 10.6. The van der Waals surface area contributed by atoms with Gasteiger partial charge in [0.1, 0.15) is 5.03 Å². The van der Waals surface area contributed by atoms with Gasteiger partial charge in [-0.2, -0.15) is 0 Å². The van der Waals surface area contributed by atoms with Gasteiger partial charge in [0.15, 0.2) is 5.16 Å². The monoisotopic (exact) mass is 369 g/mol. The van der Waals surface area contributed by atoms with E-state index >= 15 is 0 Å². The first-order valence-electron chi connectivity index (χ1n) is 6.66. The number of hydrogen-bond donors (Lipinski definition) is 2. The van der Waals surface area contributed by atoms with Gasteiger partial charge in [0.2, 0.25) is 5.95 Å². The van der Waals surface area contributed by atoms with Gasteiger partial charge in [-0.1, -0.05) is 13.3 Å². The van der Waals surface area contributed by atoms with Gasteiger partial charge in [-0.3, -0.25) is 4.79 Å². The lowest BCUT2D eigenvalue weighted by Crippen LogP contribution is -2.10. The molecule has 0 spiro atoms. The van der Waals surface area contributed by atoms with Crippen LogP contribution in [0.5, 0.6) is 0 Å². The number of aromatic amines is 1. The molecule has 8 heteroatoms. The van der Waals surface area contributed by atoms with E-state index in [9.17, 15) is 4.79 Å². The van der Waals surface area contributed by atoms with Crippen LogP contribution in [0.2, 0.25) is 0 Å². The summed E-state index contributed by atoms with van der Waals surface area (Å²) < 4.78 is 0.762. The average Bonchev–Trinajstić information content (AvgIpc) is 2.42. The van der Waals surface area contributed by atoms with Gasteiger partial charge in [0, 0.05) is 24.5 Å². The fraction of sp³-hybridized carbons (Fsp3) is 0.385. The van der Waals surface area contributed by atoms with E-state index in [0.717, 1.165) is 29.6 Å². The molecular weight excluding hydrogens is 354 g/mol. The second-order valence-corrected chi connectivity index (χ2v) is 6.10. The number of halogens is 1. The standard InChI is InChI=1S/C13H16BrN5OS/c1-3-5-8-6-10(20)18-13(17-8)21-11-9(14)7-16-12(19-11)15-4-2/h6-7H,3-5H2,1-2H3,(H,15,16,19)(H,17,18,20). The molecule has 0 aliphatic carbocycles. The minimum absolute atomic E-state index is 0.145. The van der Waals surface area contributed by atoms with Crippen molar-refractivity contribution in [2.24, 2.45) is 0 Å². The summed E-state index contributed by atoms with van der Waals surface area (Å²) in [7, 11) is 0. The molecule has 2 aromatic rings. The Balaban J connectivity index is 2.28. The predicted octanol–water partition coefficient (Wildman–Crippen LogP) is 2.86. The van der Waals surface area contributed by atoms with Crippen molar-refractivity contribution < 1.29 is 0 Å². The molecule has 0 saturated heterocycles. The lowest BCUT2D eigenvalue weighted by Gasteiger charge is -2.06. The molecular formula is C13H16BrN5OS. The van der Waals surface area contributed by atoms with Crippen molar-refractivity contribution in [1.82, 2.24) is 19.9 Å². The minimum atomic E-state index is -0.145. The maximum absolute atomic E-state index is 11.7. The minimum Gasteiger partial charge on any atom is -0.354 e. The molecule has 0 radical (unpaired) electrons. The van der Waals surface area contributed by atoms with Crippen molar-refractivity contribution in [2.45, 2.75) is 36.9 Å². The maximum Gasteiger partial charge on any atom is 0.251 e. The van der Waals surface area contributed by atoms with Gasteiger partial charge in [0.25, 0.3) is 5.56 Å². The van der Waals surface area contributed by atoms with Crippen molar-refractivity contribution in [3.8, 4) is 0 Å². The number of anilines is 1. The second-order valence-electron chi connectivity index (χ2n) is 4.27. The predicted molar refractivity (Wildman–Crippen MR) is 86.9 cm³/mol. The van der Waals surface area contributed by atoms with Crippen LogP contribution in [-0.2, 0) is 6.42 Å². The number of rotatable bonds is 6. The maximum atomic E-state index is 11.7. The number of aromatic nitrogens is 4. The zero-order valence-corrected chi connectivity index (χ0v) is 14.2. The summed E-state index contributed by atoms with van der Waals surface area (Å²) in [6.07, 6.45) is 3.41. The summed E-state index contributed by atoms with van der Waals surface area (Å²) in [6.45, 7) is 4.78. The van der Waals surface area contributed by atoms with Crippen LogP contribution in [0.4, 0.5) is 5.95 Å². The fourth-order valence-electron chi connectivity index (χ4n) is 1.67. The molecule has 0 fully saturated rings. The Morgan fingerprint density at radius 2 is 2.19 bits per heavy atom. The van der Waals surface area contributed by atoms with Crippen LogP contribution in [0, 0.1) is 0 Å². The molecule has 0 saturated carbocycles. The van der Waals surface area contributed by atoms with Crippen molar-refractivity contribution in [2.75, 3.05) is 11.9 Å². The number of nitrogens with zero attached hydrogens (tertiary/aromatic N) is 3. The number of nitrogens with one attached hydrogen (secondary N) is 2.